The molecule has 0 atom stereocenters. The van der Waals surface area contributed by atoms with Crippen LogP contribution in [0.3, 0.4) is 0 Å². The summed E-state index contributed by atoms with van der Waals surface area (Å²) in [4.78, 5) is 0. The highest BCUT2D eigenvalue weighted by molar-refractivity contribution is 5.75. The summed E-state index contributed by atoms with van der Waals surface area (Å²) in [6.45, 7) is 9.76. The van der Waals surface area contributed by atoms with Crippen molar-refractivity contribution < 1.29 is 23.2 Å². The summed E-state index contributed by atoms with van der Waals surface area (Å²) in [7, 11) is 0. The van der Waals surface area contributed by atoms with Gasteiger partial charge in [-0.2, -0.15) is 0 Å². The molecule has 0 amide bonds. The van der Waals surface area contributed by atoms with Crippen LogP contribution in [0.4, 0.5) is 14.1 Å². The van der Waals surface area contributed by atoms with E-state index in [0.717, 1.165) is 19.8 Å². The molecule has 0 unspecified atom stereocenters. The van der Waals surface area contributed by atoms with Gasteiger partial charge in [0.25, 0.3) is 0 Å². The maximum atomic E-state index is 3.07. The van der Waals surface area contributed by atoms with Crippen LogP contribution in [0.5, 0.6) is 0 Å². The molecule has 0 aromatic rings. The molecule has 0 aromatic heterocycles. The van der Waals surface area contributed by atoms with Gasteiger partial charge in [0, 0.05) is 29.2 Å². The van der Waals surface area contributed by atoms with Gasteiger partial charge in [-0.05, 0) is 0 Å². The van der Waals surface area contributed by atoms with Gasteiger partial charge in [-0.1, -0.05) is 0 Å². The lowest BCUT2D eigenvalue weighted by Gasteiger charge is -2.11. The van der Waals surface area contributed by atoms with Crippen molar-refractivity contribution in [3.63, 3.8) is 0 Å². The maximum Gasteiger partial charge on any atom is 0.142 e. The molecule has 6 heteroatoms. The van der Waals surface area contributed by atoms with Crippen molar-refractivity contribution in [1.29, 1.82) is 0 Å². The van der Waals surface area contributed by atoms with E-state index in [0.29, 0.717) is 0 Å². The van der Waals surface area contributed by atoms with Crippen LogP contribution < -0.4 is 4.70 Å². The van der Waals surface area contributed by atoms with Gasteiger partial charge < -0.3 is 9.07 Å². The molecule has 0 aromatic carbocycles. The summed E-state index contributed by atoms with van der Waals surface area (Å²) in [6, 6.07) is 0. The Morgan fingerprint density at radius 2 is 0.917 bits per heavy atom. The van der Waals surface area contributed by atoms with E-state index in [-0.39, 0.29) is 27.2 Å². The normalized spacial score (nSPS) is 6.00. The van der Waals surface area contributed by atoms with Crippen LogP contribution in [0.2, 0.25) is 0 Å². The third kappa shape index (κ3) is 22.6. The molecule has 0 saturated heterocycles. The second kappa shape index (κ2) is 30.9. The van der Waals surface area contributed by atoms with Gasteiger partial charge in [-0.3, -0.25) is 14.1 Å². The van der Waals surface area contributed by atoms with E-state index in [2.05, 4.69) is 25.1 Å². The standard InChI is InChI=1S/C6H15O.B.4FH/c1-4-7(5-2)6-3;;;;;/h4-6H2,1-3H3;;4*1H/q+1;;;;;/p-1. The summed E-state index contributed by atoms with van der Waals surface area (Å²) in [5.41, 5.74) is 0. The maximum absolute atomic E-state index is 3.07. The van der Waals surface area contributed by atoms with E-state index in [9.17, 15) is 0 Å². The molecule has 0 aliphatic carbocycles. The van der Waals surface area contributed by atoms with Crippen LogP contribution in [0.1, 0.15) is 20.8 Å². The Morgan fingerprint density at radius 3 is 0.917 bits per heavy atom. The monoisotopic (exact) mass is 193 g/mol. The predicted molar refractivity (Wildman–Crippen MR) is 46.0 cm³/mol. The van der Waals surface area contributed by atoms with E-state index < -0.39 is 0 Å². The van der Waals surface area contributed by atoms with Crippen molar-refractivity contribution in [3.05, 3.63) is 0 Å². The average molecular weight is 193 g/mol. The first kappa shape index (κ1) is 41.1. The fourth-order valence-electron chi connectivity index (χ4n) is 0.612. The molecular formula is C6H18BF4O. The lowest BCUT2D eigenvalue weighted by atomic mass is 10.7. The number of hydrogen-bond acceptors (Lipinski definition) is 0. The van der Waals surface area contributed by atoms with Gasteiger partial charge in [-0.15, -0.1) is 0 Å². The first-order valence-corrected chi connectivity index (χ1v) is 2.99. The van der Waals surface area contributed by atoms with Crippen LogP contribution in [0.15, 0.2) is 0 Å². The van der Waals surface area contributed by atoms with Crippen LogP contribution in [-0.4, -0.2) is 28.2 Å². The van der Waals surface area contributed by atoms with Crippen molar-refractivity contribution in [2.75, 3.05) is 19.8 Å². The van der Waals surface area contributed by atoms with Gasteiger partial charge in [-0.25, -0.2) is 0 Å². The molecule has 0 spiro atoms. The largest absolute Gasteiger partial charge is 1.00 e. The molecule has 79 valence electrons. The lowest BCUT2D eigenvalue weighted by molar-refractivity contribution is -0.119. The summed E-state index contributed by atoms with van der Waals surface area (Å²) >= 11 is 0. The Kier molecular flexibility index (Phi) is 106. The Labute approximate surface area is 73.2 Å². The Hall–Kier alpha value is -0.255. The molecule has 0 bridgehead atoms. The van der Waals surface area contributed by atoms with Crippen LogP contribution >= 0.6 is 0 Å². The van der Waals surface area contributed by atoms with Crippen LogP contribution in [0, 0.1) is 0 Å². The highest BCUT2D eigenvalue weighted by atomic mass is 19.0. The van der Waals surface area contributed by atoms with Crippen LogP contribution in [0.25, 0.3) is 0 Å². The van der Waals surface area contributed by atoms with E-state index in [1.807, 2.05) is 0 Å². The lowest BCUT2D eigenvalue weighted by Crippen LogP contribution is -3.00. The topological polar surface area (TPSA) is 2.70 Å². The molecular weight excluding hydrogens is 175 g/mol. The first-order valence-electron chi connectivity index (χ1n) is 2.99. The van der Waals surface area contributed by atoms with Crippen molar-refractivity contribution in [2.45, 2.75) is 20.8 Å². The summed E-state index contributed by atoms with van der Waals surface area (Å²) in [5.74, 6) is 0. The minimum atomic E-state index is 0. The zero-order valence-electron chi connectivity index (χ0n) is 7.71. The summed E-state index contributed by atoms with van der Waals surface area (Å²) in [5, 5.41) is 0. The quantitative estimate of drug-likeness (QED) is 0.297. The van der Waals surface area contributed by atoms with Gasteiger partial charge in [0.15, 0.2) is 0 Å². The van der Waals surface area contributed by atoms with Gasteiger partial charge in [0.05, 0.1) is 0 Å². The summed E-state index contributed by atoms with van der Waals surface area (Å²) < 4.78 is 3.07. The van der Waals surface area contributed by atoms with E-state index >= 15 is 0 Å². The fraction of sp³-hybridized carbons (Fsp3) is 1.00. The van der Waals surface area contributed by atoms with Gasteiger partial charge in [0.2, 0.25) is 0 Å². The first-order chi connectivity index (χ1) is 3.35. The van der Waals surface area contributed by atoms with Gasteiger partial charge in [0.1, 0.15) is 19.8 Å². The molecule has 1 nitrogen and oxygen atoms in total. The third-order valence-corrected chi connectivity index (χ3v) is 1.22. The molecule has 0 aliphatic rings. The molecule has 0 rings (SSSR count). The second-order valence-electron chi connectivity index (χ2n) is 1.48. The van der Waals surface area contributed by atoms with E-state index in [1.54, 1.807) is 0 Å². The molecule has 0 fully saturated rings. The fourth-order valence-corrected chi connectivity index (χ4v) is 0.612. The van der Waals surface area contributed by atoms with Crippen molar-refractivity contribution >= 4 is 8.41 Å². The third-order valence-electron chi connectivity index (χ3n) is 1.22. The molecule has 0 saturated carbocycles. The Balaban J connectivity index is -0.0000000180. The van der Waals surface area contributed by atoms with Gasteiger partial charge >= 0.3 is 0 Å². The molecule has 0 aliphatic heterocycles. The zero-order valence-corrected chi connectivity index (χ0v) is 7.71. The van der Waals surface area contributed by atoms with E-state index in [1.165, 1.54) is 0 Å². The smallest absolute Gasteiger partial charge is 0.142 e. The number of halogens is 4. The highest BCUT2D eigenvalue weighted by Crippen LogP contribution is 1.90. The van der Waals surface area contributed by atoms with Crippen molar-refractivity contribution in [2.24, 2.45) is 0 Å². The van der Waals surface area contributed by atoms with Crippen molar-refractivity contribution in [1.82, 2.24) is 0 Å². The summed E-state index contributed by atoms with van der Waals surface area (Å²) in [6.07, 6.45) is 0. The minimum Gasteiger partial charge on any atom is -1.00 e. The molecule has 0 heterocycles. The highest BCUT2D eigenvalue weighted by Gasteiger charge is 1.94. The Bertz CT molecular complexity index is 41.0. The molecule has 0 N–H and O–H groups in total. The molecule has 3 radical (unpaired) electrons. The van der Waals surface area contributed by atoms with Crippen LogP contribution in [-0.2, 0) is 4.37 Å². The predicted octanol–water partition coefficient (Wildman–Crippen LogP) is -1.32. The average Bonchev–Trinajstić information content (AvgIpc) is 1.72. The van der Waals surface area contributed by atoms with E-state index in [4.69, 9.17) is 0 Å². The van der Waals surface area contributed by atoms with Crippen molar-refractivity contribution in [3.8, 4) is 0 Å². The molecule has 12 heavy (non-hydrogen) atoms. The Morgan fingerprint density at radius 1 is 0.750 bits per heavy atom. The number of rotatable bonds is 3. The zero-order chi connectivity index (χ0) is 5.70. The number of hydrogen-bond donors (Lipinski definition) is 0. The SMILES string of the molecule is CC[O+](CC)CC.F.F.F.[B].[F-]. The second-order valence-corrected chi connectivity index (χ2v) is 1.48. The minimum absolute atomic E-state index is 0.